The van der Waals surface area contributed by atoms with E-state index in [0.29, 0.717) is 24.9 Å². The number of halogens is 3. The fourth-order valence-electron chi connectivity index (χ4n) is 1.34. The molecule has 102 valence electrons. The first-order chi connectivity index (χ1) is 7.61. The summed E-state index contributed by atoms with van der Waals surface area (Å²) in [5.74, 6) is 0.739. The Balaban J connectivity index is 4.32. The Morgan fingerprint density at radius 2 is 1.53 bits per heavy atom. The molecule has 0 atom stereocenters. The Bertz CT molecular complexity index is 229. The molecule has 0 aromatic carbocycles. The summed E-state index contributed by atoms with van der Waals surface area (Å²) in [5.41, 5.74) is 0. The highest BCUT2D eigenvalue weighted by Crippen LogP contribution is 2.26. The van der Waals surface area contributed by atoms with Gasteiger partial charge < -0.3 is 9.64 Å². The SMILES string of the molecule is CC(C)CN(CC(C)C)C(=O)OCC(Cl)(Cl)Cl. The number of carbonyl (C=O) groups is 1. The standard InChI is InChI=1S/C11H20Cl3NO2/c1-8(2)5-15(6-9(3)4)10(16)17-7-11(12,13)14/h8-9H,5-7H2,1-4H3. The smallest absolute Gasteiger partial charge is 0.409 e. The van der Waals surface area contributed by atoms with Gasteiger partial charge in [0, 0.05) is 13.1 Å². The van der Waals surface area contributed by atoms with E-state index in [4.69, 9.17) is 39.5 Å². The molecule has 1 amide bonds. The first-order valence-corrected chi connectivity index (χ1v) is 6.73. The summed E-state index contributed by atoms with van der Waals surface area (Å²) in [6, 6.07) is 0. The summed E-state index contributed by atoms with van der Waals surface area (Å²) in [5, 5.41) is 0. The Morgan fingerprint density at radius 1 is 1.12 bits per heavy atom. The first kappa shape index (κ1) is 17.1. The number of hydrogen-bond donors (Lipinski definition) is 0. The predicted molar refractivity (Wildman–Crippen MR) is 72.9 cm³/mol. The third-order valence-electron chi connectivity index (χ3n) is 1.79. The molecule has 0 saturated carbocycles. The van der Waals surface area contributed by atoms with Gasteiger partial charge in [-0.2, -0.15) is 0 Å². The molecule has 0 fully saturated rings. The largest absolute Gasteiger partial charge is 0.445 e. The van der Waals surface area contributed by atoms with Crippen LogP contribution in [0.5, 0.6) is 0 Å². The van der Waals surface area contributed by atoms with Crippen molar-refractivity contribution in [1.82, 2.24) is 4.90 Å². The van der Waals surface area contributed by atoms with Crippen molar-refractivity contribution >= 4 is 40.9 Å². The topological polar surface area (TPSA) is 29.5 Å². The minimum absolute atomic E-state index is 0.233. The van der Waals surface area contributed by atoms with Gasteiger partial charge in [-0.1, -0.05) is 62.5 Å². The van der Waals surface area contributed by atoms with Crippen molar-refractivity contribution in [3.8, 4) is 0 Å². The van der Waals surface area contributed by atoms with Crippen LogP contribution in [0.4, 0.5) is 4.79 Å². The Kier molecular flexibility index (Phi) is 7.61. The highest BCUT2D eigenvalue weighted by atomic mass is 35.6. The van der Waals surface area contributed by atoms with Crippen molar-refractivity contribution in [3.05, 3.63) is 0 Å². The van der Waals surface area contributed by atoms with E-state index in [9.17, 15) is 4.79 Å². The van der Waals surface area contributed by atoms with Gasteiger partial charge in [-0.05, 0) is 11.8 Å². The van der Waals surface area contributed by atoms with E-state index in [-0.39, 0.29) is 6.61 Å². The Labute approximate surface area is 118 Å². The monoisotopic (exact) mass is 303 g/mol. The summed E-state index contributed by atoms with van der Waals surface area (Å²) in [6.45, 7) is 9.19. The van der Waals surface area contributed by atoms with Crippen LogP contribution in [0.1, 0.15) is 27.7 Å². The molecule has 0 radical (unpaired) electrons. The maximum Gasteiger partial charge on any atom is 0.409 e. The zero-order chi connectivity index (χ0) is 13.6. The summed E-state index contributed by atoms with van der Waals surface area (Å²) >= 11 is 16.6. The molecule has 0 aliphatic rings. The van der Waals surface area contributed by atoms with E-state index in [1.54, 1.807) is 4.90 Å². The van der Waals surface area contributed by atoms with Gasteiger partial charge in [0.2, 0.25) is 3.79 Å². The number of rotatable bonds is 5. The van der Waals surface area contributed by atoms with Crippen LogP contribution in [0.2, 0.25) is 0 Å². The summed E-state index contributed by atoms with van der Waals surface area (Å²) in [4.78, 5) is 13.4. The second-order valence-corrected chi connectivity index (χ2v) is 7.38. The van der Waals surface area contributed by atoms with Crippen molar-refractivity contribution in [2.45, 2.75) is 31.5 Å². The van der Waals surface area contributed by atoms with Crippen LogP contribution in [0.3, 0.4) is 0 Å². The van der Waals surface area contributed by atoms with E-state index in [0.717, 1.165) is 0 Å². The molecule has 3 nitrogen and oxygen atoms in total. The minimum atomic E-state index is -1.56. The summed E-state index contributed by atoms with van der Waals surface area (Å²) < 4.78 is 3.40. The van der Waals surface area contributed by atoms with Crippen LogP contribution < -0.4 is 0 Å². The highest BCUT2D eigenvalue weighted by Gasteiger charge is 2.25. The van der Waals surface area contributed by atoms with E-state index in [2.05, 4.69) is 0 Å². The molecule has 0 spiro atoms. The molecule has 6 heteroatoms. The number of amides is 1. The number of hydrogen-bond acceptors (Lipinski definition) is 2. The van der Waals surface area contributed by atoms with Gasteiger partial charge in [-0.15, -0.1) is 0 Å². The van der Waals surface area contributed by atoms with Gasteiger partial charge in [-0.25, -0.2) is 4.79 Å². The van der Waals surface area contributed by atoms with Crippen LogP contribution in [0.15, 0.2) is 0 Å². The lowest BCUT2D eigenvalue weighted by molar-refractivity contribution is 0.0949. The zero-order valence-corrected chi connectivity index (χ0v) is 12.9. The zero-order valence-electron chi connectivity index (χ0n) is 10.7. The number of nitrogens with zero attached hydrogens (tertiary/aromatic N) is 1. The highest BCUT2D eigenvalue weighted by molar-refractivity contribution is 6.67. The van der Waals surface area contributed by atoms with Gasteiger partial charge in [0.15, 0.2) is 0 Å². The average Bonchev–Trinajstić information content (AvgIpc) is 2.10. The fraction of sp³-hybridized carbons (Fsp3) is 0.909. The Morgan fingerprint density at radius 3 is 1.82 bits per heavy atom. The molecule has 0 rings (SSSR count). The van der Waals surface area contributed by atoms with Gasteiger partial charge in [0.1, 0.15) is 6.61 Å². The normalized spacial score (nSPS) is 12.1. The van der Waals surface area contributed by atoms with Crippen LogP contribution in [-0.2, 0) is 4.74 Å². The van der Waals surface area contributed by atoms with Crippen LogP contribution in [-0.4, -0.2) is 34.5 Å². The van der Waals surface area contributed by atoms with E-state index < -0.39 is 9.89 Å². The molecule has 0 bridgehead atoms. The van der Waals surface area contributed by atoms with Gasteiger partial charge in [-0.3, -0.25) is 0 Å². The summed E-state index contributed by atoms with van der Waals surface area (Å²) in [7, 11) is 0. The van der Waals surface area contributed by atoms with Gasteiger partial charge in [0.25, 0.3) is 0 Å². The minimum Gasteiger partial charge on any atom is -0.445 e. The molecule has 0 heterocycles. The molecular formula is C11H20Cl3NO2. The lowest BCUT2D eigenvalue weighted by atomic mass is 10.1. The molecule has 17 heavy (non-hydrogen) atoms. The Hall–Kier alpha value is 0.140. The van der Waals surface area contributed by atoms with E-state index >= 15 is 0 Å². The molecular weight excluding hydrogens is 284 g/mol. The van der Waals surface area contributed by atoms with Crippen LogP contribution in [0, 0.1) is 11.8 Å². The van der Waals surface area contributed by atoms with Crippen molar-refractivity contribution < 1.29 is 9.53 Å². The van der Waals surface area contributed by atoms with Crippen molar-refractivity contribution in [1.29, 1.82) is 0 Å². The summed E-state index contributed by atoms with van der Waals surface area (Å²) in [6.07, 6.45) is -0.432. The molecule has 0 aliphatic carbocycles. The lowest BCUT2D eigenvalue weighted by Gasteiger charge is -2.26. The molecule has 0 aromatic rings. The molecule has 0 aromatic heterocycles. The maximum atomic E-state index is 11.8. The predicted octanol–water partition coefficient (Wildman–Crippen LogP) is 4.11. The molecule has 0 unspecified atom stereocenters. The lowest BCUT2D eigenvalue weighted by Crippen LogP contribution is -2.38. The third-order valence-corrected chi connectivity index (χ3v) is 2.12. The second kappa shape index (κ2) is 7.55. The van der Waals surface area contributed by atoms with Crippen LogP contribution in [0.25, 0.3) is 0 Å². The number of carbonyl (C=O) groups excluding carboxylic acids is 1. The second-order valence-electron chi connectivity index (χ2n) is 4.86. The van der Waals surface area contributed by atoms with E-state index in [1.165, 1.54) is 0 Å². The molecule has 0 aliphatic heterocycles. The first-order valence-electron chi connectivity index (χ1n) is 5.60. The molecule has 0 N–H and O–H groups in total. The van der Waals surface area contributed by atoms with E-state index in [1.807, 2.05) is 27.7 Å². The number of ether oxygens (including phenoxy) is 1. The van der Waals surface area contributed by atoms with Gasteiger partial charge in [0.05, 0.1) is 0 Å². The van der Waals surface area contributed by atoms with Crippen molar-refractivity contribution in [2.24, 2.45) is 11.8 Å². The van der Waals surface area contributed by atoms with Crippen molar-refractivity contribution in [3.63, 3.8) is 0 Å². The molecule has 0 saturated heterocycles. The fourth-order valence-corrected chi connectivity index (χ4v) is 1.50. The van der Waals surface area contributed by atoms with Crippen molar-refractivity contribution in [2.75, 3.05) is 19.7 Å². The maximum absolute atomic E-state index is 11.8. The number of alkyl halides is 3. The average molecular weight is 305 g/mol. The quantitative estimate of drug-likeness (QED) is 0.715. The van der Waals surface area contributed by atoms with Crippen LogP contribution >= 0.6 is 34.8 Å². The third kappa shape index (κ3) is 9.81. The van der Waals surface area contributed by atoms with Gasteiger partial charge >= 0.3 is 6.09 Å².